The van der Waals surface area contributed by atoms with Crippen molar-refractivity contribution in [3.63, 3.8) is 0 Å². The second-order valence-electron chi connectivity index (χ2n) is 6.27. The van der Waals surface area contributed by atoms with Crippen LogP contribution in [0, 0.1) is 6.92 Å². The molecule has 0 unspecified atom stereocenters. The van der Waals surface area contributed by atoms with Crippen LogP contribution in [0.4, 0.5) is 0 Å². The second kappa shape index (κ2) is 11.8. The summed E-state index contributed by atoms with van der Waals surface area (Å²) in [5.41, 5.74) is 2.16. The fourth-order valence-corrected chi connectivity index (χ4v) is 3.82. The van der Waals surface area contributed by atoms with Crippen molar-refractivity contribution in [2.75, 3.05) is 33.4 Å². The van der Waals surface area contributed by atoms with Gasteiger partial charge in [0.05, 0.1) is 17.3 Å². The number of sulfone groups is 1. The molecule has 0 radical (unpaired) electrons. The van der Waals surface area contributed by atoms with E-state index in [9.17, 15) is 13.2 Å². The zero-order valence-corrected chi connectivity index (χ0v) is 17.7. The number of hydrogen-bond acceptors (Lipinski definition) is 5. The molecule has 0 atom stereocenters. The largest absolute Gasteiger partial charge is 0.383 e. The molecule has 0 saturated carbocycles. The van der Waals surface area contributed by atoms with Gasteiger partial charge in [-0.1, -0.05) is 29.8 Å². The van der Waals surface area contributed by atoms with Gasteiger partial charge >= 0.3 is 0 Å². The van der Waals surface area contributed by atoms with Gasteiger partial charge < -0.3 is 15.4 Å². The maximum Gasteiger partial charge on any atom is 0.251 e. The van der Waals surface area contributed by atoms with E-state index in [0.29, 0.717) is 35.7 Å². The van der Waals surface area contributed by atoms with Crippen molar-refractivity contribution in [1.82, 2.24) is 10.6 Å². The van der Waals surface area contributed by atoms with E-state index in [1.807, 2.05) is 6.92 Å². The number of halogens is 1. The summed E-state index contributed by atoms with van der Waals surface area (Å²) in [6, 6.07) is 13.4. The van der Waals surface area contributed by atoms with Crippen molar-refractivity contribution in [3.05, 3.63) is 65.2 Å². The summed E-state index contributed by atoms with van der Waals surface area (Å²) in [6.45, 7) is 4.43. The average molecular weight is 427 g/mol. The molecule has 2 aromatic rings. The Balaban J connectivity index is 0.00000392. The van der Waals surface area contributed by atoms with Gasteiger partial charge in [-0.05, 0) is 36.8 Å². The minimum absolute atomic E-state index is 0. The first-order chi connectivity index (χ1) is 12.9. The molecule has 2 N–H and O–H groups in total. The van der Waals surface area contributed by atoms with Crippen LogP contribution in [0.3, 0.4) is 0 Å². The summed E-state index contributed by atoms with van der Waals surface area (Å²) in [5.74, 6) is -0.280. The van der Waals surface area contributed by atoms with E-state index < -0.39 is 9.84 Å². The lowest BCUT2D eigenvalue weighted by molar-refractivity contribution is 0.0953. The molecule has 2 aromatic carbocycles. The van der Waals surface area contributed by atoms with Crippen LogP contribution in [-0.4, -0.2) is 47.7 Å². The summed E-state index contributed by atoms with van der Waals surface area (Å²) in [7, 11) is -1.77. The molecule has 1 amide bonds. The van der Waals surface area contributed by atoms with Crippen LogP contribution in [0.25, 0.3) is 0 Å². The van der Waals surface area contributed by atoms with E-state index in [1.165, 1.54) is 0 Å². The van der Waals surface area contributed by atoms with Crippen LogP contribution in [-0.2, 0) is 20.3 Å². The number of rotatable bonds is 10. The molecule has 0 saturated heterocycles. The molecule has 0 aliphatic heterocycles. The van der Waals surface area contributed by atoms with Crippen molar-refractivity contribution in [2.24, 2.45) is 0 Å². The van der Waals surface area contributed by atoms with Crippen molar-refractivity contribution in [3.8, 4) is 0 Å². The number of nitrogens with one attached hydrogen (secondary N) is 2. The molecule has 0 bridgehead atoms. The summed E-state index contributed by atoms with van der Waals surface area (Å²) in [4.78, 5) is 12.4. The molecule has 154 valence electrons. The monoisotopic (exact) mass is 426 g/mol. The fraction of sp³-hybridized carbons (Fsp3) is 0.350. The molecular formula is C20H27ClN2O4S. The van der Waals surface area contributed by atoms with Crippen LogP contribution in [0.1, 0.15) is 21.5 Å². The Morgan fingerprint density at radius 3 is 2.21 bits per heavy atom. The molecule has 0 aromatic heterocycles. The van der Waals surface area contributed by atoms with Gasteiger partial charge in [0.25, 0.3) is 5.91 Å². The molecule has 0 spiro atoms. The number of aryl methyl sites for hydroxylation is 1. The summed E-state index contributed by atoms with van der Waals surface area (Å²) in [5, 5.41) is 5.95. The van der Waals surface area contributed by atoms with Crippen molar-refractivity contribution >= 4 is 28.2 Å². The highest BCUT2D eigenvalue weighted by atomic mass is 35.5. The van der Waals surface area contributed by atoms with E-state index in [4.69, 9.17) is 4.74 Å². The molecular weight excluding hydrogens is 400 g/mol. The standard InChI is InChI=1S/C20H26N2O4S.ClH/c1-16-3-9-19(10-4-16)27(24,25)15-17-5-7-18(8-6-17)20(23)22-12-11-21-13-14-26-2;/h3-10,21H,11-15H2,1-2H3,(H,22,23);1H. The van der Waals surface area contributed by atoms with Gasteiger partial charge in [-0.2, -0.15) is 0 Å². The smallest absolute Gasteiger partial charge is 0.251 e. The molecule has 2 rings (SSSR count). The average Bonchev–Trinajstić information content (AvgIpc) is 2.65. The van der Waals surface area contributed by atoms with Crippen LogP contribution in [0.2, 0.25) is 0 Å². The third-order valence-corrected chi connectivity index (χ3v) is 5.73. The van der Waals surface area contributed by atoms with E-state index in [0.717, 1.165) is 12.1 Å². The molecule has 0 fully saturated rings. The summed E-state index contributed by atoms with van der Waals surface area (Å²) in [6.07, 6.45) is 0. The van der Waals surface area contributed by atoms with Gasteiger partial charge in [0.1, 0.15) is 0 Å². The highest BCUT2D eigenvalue weighted by molar-refractivity contribution is 7.90. The molecule has 28 heavy (non-hydrogen) atoms. The first kappa shape index (κ1) is 24.1. The SMILES string of the molecule is COCCNCCNC(=O)c1ccc(CS(=O)(=O)c2ccc(C)cc2)cc1.Cl. The molecule has 6 nitrogen and oxygen atoms in total. The lowest BCUT2D eigenvalue weighted by atomic mass is 10.1. The van der Waals surface area contributed by atoms with Gasteiger partial charge in [-0.25, -0.2) is 8.42 Å². The van der Waals surface area contributed by atoms with Crippen molar-refractivity contribution in [2.45, 2.75) is 17.6 Å². The number of hydrogen-bond donors (Lipinski definition) is 2. The van der Waals surface area contributed by atoms with Gasteiger partial charge in [-0.15, -0.1) is 12.4 Å². The number of carbonyl (C=O) groups is 1. The predicted molar refractivity (Wildman–Crippen MR) is 113 cm³/mol. The minimum atomic E-state index is -3.41. The zero-order chi connectivity index (χ0) is 19.7. The lowest BCUT2D eigenvalue weighted by Gasteiger charge is -2.08. The Labute approximate surface area is 173 Å². The Kier molecular flexibility index (Phi) is 10.2. The highest BCUT2D eigenvalue weighted by Crippen LogP contribution is 2.17. The Morgan fingerprint density at radius 2 is 1.61 bits per heavy atom. The van der Waals surface area contributed by atoms with Crippen LogP contribution >= 0.6 is 12.4 Å². The Hall–Kier alpha value is -1.93. The molecule has 8 heteroatoms. The van der Waals surface area contributed by atoms with Gasteiger partial charge in [0, 0.05) is 32.3 Å². The van der Waals surface area contributed by atoms with Crippen molar-refractivity contribution < 1.29 is 17.9 Å². The van der Waals surface area contributed by atoms with E-state index in [2.05, 4.69) is 10.6 Å². The summed E-state index contributed by atoms with van der Waals surface area (Å²) >= 11 is 0. The van der Waals surface area contributed by atoms with Crippen molar-refractivity contribution in [1.29, 1.82) is 0 Å². The van der Waals surface area contributed by atoms with Crippen LogP contribution < -0.4 is 10.6 Å². The summed E-state index contributed by atoms with van der Waals surface area (Å²) < 4.78 is 29.9. The van der Waals surface area contributed by atoms with E-state index in [1.54, 1.807) is 55.6 Å². The quantitative estimate of drug-likeness (QED) is 0.570. The first-order valence-electron chi connectivity index (χ1n) is 8.78. The number of methoxy groups -OCH3 is 1. The number of ether oxygens (including phenoxy) is 1. The normalized spacial score (nSPS) is 10.9. The van der Waals surface area contributed by atoms with Crippen LogP contribution in [0.15, 0.2) is 53.4 Å². The molecule has 0 aliphatic rings. The highest BCUT2D eigenvalue weighted by Gasteiger charge is 2.15. The zero-order valence-electron chi connectivity index (χ0n) is 16.1. The molecule has 0 heterocycles. The van der Waals surface area contributed by atoms with Gasteiger partial charge in [0.15, 0.2) is 9.84 Å². The third kappa shape index (κ3) is 7.59. The Bertz CT molecular complexity index is 838. The number of amides is 1. The molecule has 0 aliphatic carbocycles. The Morgan fingerprint density at radius 1 is 0.964 bits per heavy atom. The lowest BCUT2D eigenvalue weighted by Crippen LogP contribution is -2.33. The fourth-order valence-electron chi connectivity index (χ4n) is 2.47. The second-order valence-corrected chi connectivity index (χ2v) is 8.26. The van der Waals surface area contributed by atoms with Crippen LogP contribution in [0.5, 0.6) is 0 Å². The topological polar surface area (TPSA) is 84.5 Å². The maximum absolute atomic E-state index is 12.5. The van der Waals surface area contributed by atoms with E-state index in [-0.39, 0.29) is 24.1 Å². The minimum Gasteiger partial charge on any atom is -0.383 e. The van der Waals surface area contributed by atoms with Gasteiger partial charge in [-0.3, -0.25) is 4.79 Å². The number of benzene rings is 2. The van der Waals surface area contributed by atoms with E-state index >= 15 is 0 Å². The predicted octanol–water partition coefficient (Wildman–Crippen LogP) is 2.36. The number of carbonyl (C=O) groups excluding carboxylic acids is 1. The van der Waals surface area contributed by atoms with Gasteiger partial charge in [0.2, 0.25) is 0 Å². The third-order valence-electron chi connectivity index (χ3n) is 4.02. The maximum atomic E-state index is 12.5. The first-order valence-corrected chi connectivity index (χ1v) is 10.4.